The van der Waals surface area contributed by atoms with Gasteiger partial charge in [0, 0.05) is 0 Å². The van der Waals surface area contributed by atoms with Crippen LogP contribution in [0.25, 0.3) is 0 Å². The molecule has 0 aromatic carbocycles. The van der Waals surface area contributed by atoms with Crippen molar-refractivity contribution in [2.24, 2.45) is 23.7 Å². The molecule has 4 atom stereocenters. The van der Waals surface area contributed by atoms with Crippen LogP contribution in [-0.4, -0.2) is 11.2 Å². The van der Waals surface area contributed by atoms with Crippen LogP contribution in [0.5, 0.6) is 0 Å². The first-order valence-electron chi connectivity index (χ1n) is 6.54. The van der Waals surface area contributed by atoms with E-state index in [1.807, 2.05) is 0 Å². The zero-order valence-electron chi connectivity index (χ0n) is 8.99. The first kappa shape index (κ1) is 9.21. The van der Waals surface area contributed by atoms with Gasteiger partial charge in [0.05, 0.1) is 6.10 Å². The summed E-state index contributed by atoms with van der Waals surface area (Å²) in [5, 5.41) is 9.92. The highest BCUT2D eigenvalue weighted by Crippen LogP contribution is 2.54. The van der Waals surface area contributed by atoms with Gasteiger partial charge in [0.2, 0.25) is 0 Å². The Morgan fingerprint density at radius 3 is 2.14 bits per heavy atom. The number of rotatable bonds is 1. The van der Waals surface area contributed by atoms with E-state index in [2.05, 4.69) is 0 Å². The molecule has 0 aromatic heterocycles. The highest BCUT2D eigenvalue weighted by molar-refractivity contribution is 4.99. The molecule has 0 spiro atoms. The molecule has 3 aliphatic carbocycles. The van der Waals surface area contributed by atoms with Crippen molar-refractivity contribution in [1.82, 2.24) is 0 Å². The molecular weight excluding hydrogens is 172 g/mol. The van der Waals surface area contributed by atoms with Crippen molar-refractivity contribution in [3.05, 3.63) is 0 Å². The SMILES string of the molecule is O[C@H]1C[C@H]2CC[C@@H]1[C@@H]2C1CCCCC1. The van der Waals surface area contributed by atoms with Gasteiger partial charge in [-0.1, -0.05) is 32.1 Å². The fourth-order valence-corrected chi connectivity index (χ4v) is 4.60. The minimum atomic E-state index is 0.0701. The van der Waals surface area contributed by atoms with Crippen LogP contribution in [0.2, 0.25) is 0 Å². The Labute approximate surface area is 86.9 Å². The lowest BCUT2D eigenvalue weighted by atomic mass is 9.75. The van der Waals surface area contributed by atoms with E-state index in [4.69, 9.17) is 0 Å². The van der Waals surface area contributed by atoms with E-state index in [-0.39, 0.29) is 6.10 Å². The molecule has 1 nitrogen and oxygen atoms in total. The zero-order valence-corrected chi connectivity index (χ0v) is 8.99. The Morgan fingerprint density at radius 2 is 1.57 bits per heavy atom. The molecule has 2 bridgehead atoms. The van der Waals surface area contributed by atoms with Crippen molar-refractivity contribution >= 4 is 0 Å². The molecule has 3 fully saturated rings. The van der Waals surface area contributed by atoms with Crippen molar-refractivity contribution in [3.8, 4) is 0 Å². The van der Waals surface area contributed by atoms with E-state index in [1.165, 1.54) is 44.9 Å². The zero-order chi connectivity index (χ0) is 9.54. The standard InChI is InChI=1S/C13H22O/c14-12-8-10-6-7-11(12)13(10)9-4-2-1-3-5-9/h9-14H,1-8H2/t10-,11+,12+,13-/m1/s1. The lowest BCUT2D eigenvalue weighted by molar-refractivity contribution is 0.0951. The van der Waals surface area contributed by atoms with E-state index < -0.39 is 0 Å². The second kappa shape index (κ2) is 3.52. The van der Waals surface area contributed by atoms with E-state index >= 15 is 0 Å². The molecule has 3 rings (SSSR count). The third-order valence-electron chi connectivity index (χ3n) is 5.14. The number of hydrogen-bond donors (Lipinski definition) is 1. The van der Waals surface area contributed by atoms with Crippen molar-refractivity contribution in [2.45, 2.75) is 57.5 Å². The van der Waals surface area contributed by atoms with Crippen LogP contribution in [0.15, 0.2) is 0 Å². The number of hydrogen-bond acceptors (Lipinski definition) is 1. The molecule has 14 heavy (non-hydrogen) atoms. The molecule has 1 N–H and O–H groups in total. The molecule has 3 saturated carbocycles. The quantitative estimate of drug-likeness (QED) is 0.680. The number of aliphatic hydroxyl groups excluding tert-OH is 1. The van der Waals surface area contributed by atoms with Crippen LogP contribution < -0.4 is 0 Å². The third-order valence-corrected chi connectivity index (χ3v) is 5.14. The van der Waals surface area contributed by atoms with E-state index in [1.54, 1.807) is 0 Å². The Morgan fingerprint density at radius 1 is 0.786 bits per heavy atom. The second-order valence-corrected chi connectivity index (χ2v) is 5.78. The summed E-state index contributed by atoms with van der Waals surface area (Å²) in [4.78, 5) is 0. The van der Waals surface area contributed by atoms with Crippen LogP contribution in [0.3, 0.4) is 0 Å². The van der Waals surface area contributed by atoms with Gasteiger partial charge in [-0.25, -0.2) is 0 Å². The molecule has 0 aromatic rings. The van der Waals surface area contributed by atoms with Gasteiger partial charge in [-0.15, -0.1) is 0 Å². The molecule has 80 valence electrons. The summed E-state index contributed by atoms with van der Waals surface area (Å²) in [6.07, 6.45) is 11.2. The van der Waals surface area contributed by atoms with Gasteiger partial charge in [0.25, 0.3) is 0 Å². The molecular formula is C13H22O. The monoisotopic (exact) mass is 194 g/mol. The lowest BCUT2D eigenvalue weighted by Gasteiger charge is -2.30. The average Bonchev–Trinajstić information content (AvgIpc) is 2.75. The van der Waals surface area contributed by atoms with Gasteiger partial charge >= 0.3 is 0 Å². The molecule has 0 amide bonds. The van der Waals surface area contributed by atoms with Crippen LogP contribution >= 0.6 is 0 Å². The smallest absolute Gasteiger partial charge is 0.0574 e. The van der Waals surface area contributed by atoms with Crippen molar-refractivity contribution < 1.29 is 5.11 Å². The van der Waals surface area contributed by atoms with Crippen LogP contribution in [-0.2, 0) is 0 Å². The summed E-state index contributed by atoms with van der Waals surface area (Å²) in [7, 11) is 0. The summed E-state index contributed by atoms with van der Waals surface area (Å²) in [5.74, 6) is 3.50. The van der Waals surface area contributed by atoms with Gasteiger partial charge in [-0.05, 0) is 42.9 Å². The van der Waals surface area contributed by atoms with Crippen molar-refractivity contribution in [3.63, 3.8) is 0 Å². The molecule has 0 saturated heterocycles. The van der Waals surface area contributed by atoms with Crippen LogP contribution in [0.1, 0.15) is 51.4 Å². The lowest BCUT2D eigenvalue weighted by Crippen LogP contribution is -2.24. The maximum atomic E-state index is 9.92. The van der Waals surface area contributed by atoms with Gasteiger partial charge in [0.1, 0.15) is 0 Å². The predicted molar refractivity (Wildman–Crippen MR) is 56.9 cm³/mol. The summed E-state index contributed by atoms with van der Waals surface area (Å²) < 4.78 is 0. The minimum absolute atomic E-state index is 0.0701. The Hall–Kier alpha value is -0.0400. The van der Waals surface area contributed by atoms with Crippen LogP contribution in [0, 0.1) is 23.7 Å². The minimum Gasteiger partial charge on any atom is -0.393 e. The topological polar surface area (TPSA) is 20.2 Å². The van der Waals surface area contributed by atoms with Gasteiger partial charge in [-0.2, -0.15) is 0 Å². The van der Waals surface area contributed by atoms with E-state index in [9.17, 15) is 5.11 Å². The summed E-state index contributed by atoms with van der Waals surface area (Å²) in [6.45, 7) is 0. The molecule has 0 unspecified atom stereocenters. The molecule has 3 aliphatic rings. The second-order valence-electron chi connectivity index (χ2n) is 5.78. The largest absolute Gasteiger partial charge is 0.393 e. The van der Waals surface area contributed by atoms with Crippen molar-refractivity contribution in [2.75, 3.05) is 0 Å². The van der Waals surface area contributed by atoms with Gasteiger partial charge < -0.3 is 5.11 Å². The van der Waals surface area contributed by atoms with Crippen LogP contribution in [0.4, 0.5) is 0 Å². The normalized spacial score (nSPS) is 48.6. The molecule has 1 heteroatoms. The molecule has 0 radical (unpaired) electrons. The van der Waals surface area contributed by atoms with E-state index in [0.29, 0.717) is 5.92 Å². The maximum Gasteiger partial charge on any atom is 0.0574 e. The maximum absolute atomic E-state index is 9.92. The highest BCUT2D eigenvalue weighted by Gasteiger charge is 2.49. The third kappa shape index (κ3) is 1.32. The van der Waals surface area contributed by atoms with Crippen molar-refractivity contribution in [1.29, 1.82) is 0 Å². The number of fused-ring (bicyclic) bond motifs is 2. The summed E-state index contributed by atoms with van der Waals surface area (Å²) in [6, 6.07) is 0. The Kier molecular flexibility index (Phi) is 2.31. The fraction of sp³-hybridized carbons (Fsp3) is 1.00. The highest BCUT2D eigenvalue weighted by atomic mass is 16.3. The Bertz CT molecular complexity index is 207. The Balaban J connectivity index is 1.72. The van der Waals surface area contributed by atoms with Gasteiger partial charge in [-0.3, -0.25) is 0 Å². The fourth-order valence-electron chi connectivity index (χ4n) is 4.60. The van der Waals surface area contributed by atoms with E-state index in [0.717, 1.165) is 24.2 Å². The van der Waals surface area contributed by atoms with Gasteiger partial charge in [0.15, 0.2) is 0 Å². The summed E-state index contributed by atoms with van der Waals surface area (Å²) >= 11 is 0. The average molecular weight is 194 g/mol. The number of aliphatic hydroxyl groups is 1. The molecule has 0 aliphatic heterocycles. The first-order chi connectivity index (χ1) is 6.86. The first-order valence-corrected chi connectivity index (χ1v) is 6.54. The predicted octanol–water partition coefficient (Wildman–Crippen LogP) is 2.97. The summed E-state index contributed by atoms with van der Waals surface area (Å²) in [5.41, 5.74) is 0. The molecule has 0 heterocycles.